The highest BCUT2D eigenvalue weighted by molar-refractivity contribution is 5.77. The van der Waals surface area contributed by atoms with Crippen LogP contribution in [0.4, 0.5) is 11.5 Å². The van der Waals surface area contributed by atoms with Gasteiger partial charge in [-0.3, -0.25) is 14.9 Å². The minimum atomic E-state index is -0.463. The van der Waals surface area contributed by atoms with Crippen molar-refractivity contribution in [3.8, 4) is 0 Å². The fourth-order valence-electron chi connectivity index (χ4n) is 1.67. The van der Waals surface area contributed by atoms with Crippen molar-refractivity contribution in [3.63, 3.8) is 0 Å². The van der Waals surface area contributed by atoms with Crippen LogP contribution in [0.5, 0.6) is 0 Å². The first-order valence-corrected chi connectivity index (χ1v) is 6.20. The quantitative estimate of drug-likeness (QED) is 0.597. The molecule has 1 aliphatic rings. The first-order chi connectivity index (χ1) is 9.06. The van der Waals surface area contributed by atoms with Crippen molar-refractivity contribution in [1.82, 2.24) is 10.3 Å². The van der Waals surface area contributed by atoms with Crippen molar-refractivity contribution in [2.45, 2.75) is 32.2 Å². The number of nitrogens with one attached hydrogen (secondary N) is 2. The number of hydrogen-bond donors (Lipinski definition) is 2. The van der Waals surface area contributed by atoms with E-state index < -0.39 is 4.92 Å². The van der Waals surface area contributed by atoms with E-state index in [2.05, 4.69) is 15.6 Å². The molecule has 0 aromatic carbocycles. The number of amides is 1. The number of aryl methyl sites for hydroxylation is 1. The van der Waals surface area contributed by atoms with E-state index in [0.29, 0.717) is 30.4 Å². The van der Waals surface area contributed by atoms with Gasteiger partial charge in [-0.05, 0) is 25.8 Å². The van der Waals surface area contributed by atoms with Crippen molar-refractivity contribution in [2.24, 2.45) is 0 Å². The first-order valence-electron chi connectivity index (χ1n) is 6.20. The van der Waals surface area contributed by atoms with Crippen molar-refractivity contribution < 1.29 is 9.72 Å². The molecule has 0 spiro atoms. The summed E-state index contributed by atoms with van der Waals surface area (Å²) in [7, 11) is 0. The molecular weight excluding hydrogens is 248 g/mol. The number of carbonyl (C=O) groups is 1. The fourth-order valence-corrected chi connectivity index (χ4v) is 1.67. The molecule has 1 aromatic heterocycles. The summed E-state index contributed by atoms with van der Waals surface area (Å²) in [5.74, 6) is 0.566. The van der Waals surface area contributed by atoms with E-state index in [1.54, 1.807) is 13.0 Å². The predicted octanol–water partition coefficient (Wildman–Crippen LogP) is 1.38. The van der Waals surface area contributed by atoms with Gasteiger partial charge in [-0.15, -0.1) is 0 Å². The molecule has 0 radical (unpaired) electrons. The molecule has 19 heavy (non-hydrogen) atoms. The molecule has 1 heterocycles. The number of nitro groups is 1. The summed E-state index contributed by atoms with van der Waals surface area (Å²) in [6.45, 7) is 2.12. The van der Waals surface area contributed by atoms with Crippen molar-refractivity contribution >= 4 is 17.4 Å². The van der Waals surface area contributed by atoms with Crippen LogP contribution in [-0.4, -0.2) is 28.4 Å². The number of anilines is 1. The third-order valence-electron chi connectivity index (χ3n) is 2.88. The molecule has 1 aromatic rings. The molecule has 2 rings (SSSR count). The smallest absolute Gasteiger partial charge is 0.290 e. The highest BCUT2D eigenvalue weighted by atomic mass is 16.6. The van der Waals surface area contributed by atoms with Gasteiger partial charge in [-0.2, -0.15) is 0 Å². The van der Waals surface area contributed by atoms with E-state index in [1.165, 1.54) is 6.20 Å². The number of rotatable bonds is 6. The van der Waals surface area contributed by atoms with E-state index in [0.717, 1.165) is 12.8 Å². The van der Waals surface area contributed by atoms with Gasteiger partial charge in [0, 0.05) is 24.6 Å². The lowest BCUT2D eigenvalue weighted by Crippen LogP contribution is -2.27. The summed E-state index contributed by atoms with van der Waals surface area (Å²) < 4.78 is 0. The number of pyridine rings is 1. The Hall–Kier alpha value is -2.18. The summed E-state index contributed by atoms with van der Waals surface area (Å²) in [4.78, 5) is 25.6. The summed E-state index contributed by atoms with van der Waals surface area (Å²) >= 11 is 0. The van der Waals surface area contributed by atoms with Gasteiger partial charge in [-0.1, -0.05) is 0 Å². The third-order valence-corrected chi connectivity index (χ3v) is 2.88. The molecule has 0 saturated heterocycles. The zero-order valence-corrected chi connectivity index (χ0v) is 10.7. The lowest BCUT2D eigenvalue weighted by molar-refractivity contribution is -0.385. The fraction of sp³-hybridized carbons (Fsp3) is 0.500. The van der Waals surface area contributed by atoms with Gasteiger partial charge in [0.1, 0.15) is 12.0 Å². The summed E-state index contributed by atoms with van der Waals surface area (Å²) in [6.07, 6.45) is 3.74. The number of aromatic nitrogens is 1. The van der Waals surface area contributed by atoms with Crippen LogP contribution in [-0.2, 0) is 4.79 Å². The van der Waals surface area contributed by atoms with Crippen LogP contribution >= 0.6 is 0 Å². The van der Waals surface area contributed by atoms with Gasteiger partial charge in [0.2, 0.25) is 5.91 Å². The second-order valence-electron chi connectivity index (χ2n) is 4.63. The first kappa shape index (κ1) is 13.3. The van der Waals surface area contributed by atoms with Crippen LogP contribution in [0, 0.1) is 17.0 Å². The molecule has 1 aliphatic carbocycles. The Morgan fingerprint density at radius 1 is 1.58 bits per heavy atom. The third kappa shape index (κ3) is 3.90. The zero-order chi connectivity index (χ0) is 13.8. The maximum absolute atomic E-state index is 11.4. The van der Waals surface area contributed by atoms with Crippen molar-refractivity contribution in [1.29, 1.82) is 0 Å². The molecule has 0 unspecified atom stereocenters. The Balaban J connectivity index is 1.80. The maximum Gasteiger partial charge on any atom is 0.290 e. The lowest BCUT2D eigenvalue weighted by atomic mass is 10.2. The Morgan fingerprint density at radius 2 is 2.32 bits per heavy atom. The predicted molar refractivity (Wildman–Crippen MR) is 69.9 cm³/mol. The average molecular weight is 264 g/mol. The topological polar surface area (TPSA) is 97.2 Å². The maximum atomic E-state index is 11.4. The van der Waals surface area contributed by atoms with Crippen molar-refractivity contribution in [2.75, 3.05) is 11.9 Å². The number of hydrogen-bond acceptors (Lipinski definition) is 5. The van der Waals surface area contributed by atoms with Gasteiger partial charge < -0.3 is 10.6 Å². The molecule has 102 valence electrons. The molecule has 1 fully saturated rings. The minimum Gasteiger partial charge on any atom is -0.370 e. The molecule has 2 N–H and O–H groups in total. The largest absolute Gasteiger partial charge is 0.370 e. The van der Waals surface area contributed by atoms with Crippen LogP contribution < -0.4 is 10.6 Å². The molecule has 7 nitrogen and oxygen atoms in total. The highest BCUT2D eigenvalue weighted by Crippen LogP contribution is 2.19. The number of carbonyl (C=O) groups excluding carboxylic acids is 1. The lowest BCUT2D eigenvalue weighted by Gasteiger charge is -2.06. The van der Waals surface area contributed by atoms with Gasteiger partial charge >= 0.3 is 0 Å². The molecule has 1 amide bonds. The number of nitrogens with zero attached hydrogens (tertiary/aromatic N) is 2. The molecule has 1 saturated carbocycles. The van der Waals surface area contributed by atoms with Gasteiger partial charge in [0.15, 0.2) is 0 Å². The SMILES string of the molecule is Cc1cc(NCCC(=O)NC2CC2)ncc1[N+](=O)[O-]. The normalized spacial score (nSPS) is 13.9. The second kappa shape index (κ2) is 5.64. The Morgan fingerprint density at radius 3 is 2.89 bits per heavy atom. The summed E-state index contributed by atoms with van der Waals surface area (Å²) in [5.41, 5.74) is 0.543. The van der Waals surface area contributed by atoms with Crippen LogP contribution in [0.3, 0.4) is 0 Å². The molecule has 0 atom stereocenters. The molecular formula is C12H16N4O3. The van der Waals surface area contributed by atoms with Gasteiger partial charge in [-0.25, -0.2) is 4.98 Å². The average Bonchev–Trinajstić information content (AvgIpc) is 3.12. The van der Waals surface area contributed by atoms with Gasteiger partial charge in [0.05, 0.1) is 4.92 Å². The Kier molecular flexibility index (Phi) is 3.94. The summed E-state index contributed by atoms with van der Waals surface area (Å²) in [5, 5.41) is 16.5. The minimum absolute atomic E-state index is 0.00275. The van der Waals surface area contributed by atoms with E-state index in [1.807, 2.05) is 0 Å². The highest BCUT2D eigenvalue weighted by Gasteiger charge is 2.22. The van der Waals surface area contributed by atoms with Crippen LogP contribution in [0.1, 0.15) is 24.8 Å². The van der Waals surface area contributed by atoms with E-state index >= 15 is 0 Å². The van der Waals surface area contributed by atoms with E-state index in [9.17, 15) is 14.9 Å². The summed E-state index contributed by atoms with van der Waals surface area (Å²) in [6, 6.07) is 1.98. The van der Waals surface area contributed by atoms with Gasteiger partial charge in [0.25, 0.3) is 5.69 Å². The second-order valence-corrected chi connectivity index (χ2v) is 4.63. The molecule has 7 heteroatoms. The molecule has 0 aliphatic heterocycles. The van der Waals surface area contributed by atoms with Crippen molar-refractivity contribution in [3.05, 3.63) is 27.9 Å². The molecule has 0 bridgehead atoms. The van der Waals surface area contributed by atoms with Crippen LogP contribution in [0.15, 0.2) is 12.3 Å². The van der Waals surface area contributed by atoms with Crippen LogP contribution in [0.25, 0.3) is 0 Å². The Labute approximate surface area is 110 Å². The Bertz CT molecular complexity index is 500. The standard InChI is InChI=1S/C12H16N4O3/c1-8-6-11(14-7-10(8)16(18)19)13-5-4-12(17)15-9-2-3-9/h6-7,9H,2-5H2,1H3,(H,13,14)(H,15,17). The zero-order valence-electron chi connectivity index (χ0n) is 10.7. The monoisotopic (exact) mass is 264 g/mol. The van der Waals surface area contributed by atoms with E-state index in [4.69, 9.17) is 0 Å². The van der Waals surface area contributed by atoms with Crippen LogP contribution in [0.2, 0.25) is 0 Å². The van der Waals surface area contributed by atoms with E-state index in [-0.39, 0.29) is 11.6 Å².